The number of nitrogens with zero attached hydrogens (tertiary/aromatic N) is 1. The van der Waals surface area contributed by atoms with Crippen LogP contribution in [-0.4, -0.2) is 45.1 Å². The third kappa shape index (κ3) is 4.36. The highest BCUT2D eigenvalue weighted by molar-refractivity contribution is 8.06. The molecule has 21 heavy (non-hydrogen) atoms. The van der Waals surface area contributed by atoms with Crippen LogP contribution in [0.25, 0.3) is 0 Å². The Kier molecular flexibility index (Phi) is 5.89. The molecule has 1 atom stereocenters. The van der Waals surface area contributed by atoms with E-state index in [0.29, 0.717) is 17.4 Å². The van der Waals surface area contributed by atoms with Crippen molar-refractivity contribution in [3.05, 3.63) is 39.4 Å². The second-order valence-corrected chi connectivity index (χ2v) is 7.13. The quantitative estimate of drug-likeness (QED) is 0.611. The second kappa shape index (κ2) is 7.67. The smallest absolute Gasteiger partial charge is 0.343 e. The van der Waals surface area contributed by atoms with Crippen molar-refractivity contribution in [2.75, 3.05) is 23.8 Å². The van der Waals surface area contributed by atoms with Gasteiger partial charge in [0.1, 0.15) is 5.56 Å². The molecule has 0 saturated carbocycles. The largest absolute Gasteiger partial charge is 0.477 e. The number of carboxylic acid groups (broad SMARTS) is 1. The zero-order valence-corrected chi connectivity index (χ0v) is 12.9. The van der Waals surface area contributed by atoms with Crippen molar-refractivity contribution in [2.24, 2.45) is 0 Å². The predicted octanol–water partition coefficient (Wildman–Crippen LogP) is 2.23. The number of hydrogen-bond acceptors (Lipinski definition) is 6. The van der Waals surface area contributed by atoms with Gasteiger partial charge in [0.2, 0.25) is 0 Å². The molecular formula is C13H16N2O4S2. The number of nitrogens with one attached hydrogen (secondary N) is 1. The lowest BCUT2D eigenvalue weighted by Gasteiger charge is -2.21. The Morgan fingerprint density at radius 3 is 2.90 bits per heavy atom. The average molecular weight is 328 g/mol. The van der Waals surface area contributed by atoms with Gasteiger partial charge in [-0.2, -0.15) is 23.5 Å². The fourth-order valence-electron chi connectivity index (χ4n) is 2.16. The third-order valence-electron chi connectivity index (χ3n) is 3.11. The number of nitro groups is 1. The van der Waals surface area contributed by atoms with Crippen LogP contribution in [0, 0.1) is 10.1 Å². The minimum absolute atomic E-state index is 0.222. The highest BCUT2D eigenvalue weighted by atomic mass is 32.2. The predicted molar refractivity (Wildman–Crippen MR) is 85.3 cm³/mol. The molecule has 1 heterocycles. The molecule has 1 aromatic rings. The molecule has 0 radical (unpaired) electrons. The van der Waals surface area contributed by atoms with E-state index in [4.69, 9.17) is 0 Å². The van der Waals surface area contributed by atoms with E-state index in [0.717, 1.165) is 18.1 Å². The number of hydrogen-bond donors (Lipinski definition) is 2. The Bertz CT molecular complexity index is 533. The minimum Gasteiger partial charge on any atom is -0.477 e. The van der Waals surface area contributed by atoms with Crippen LogP contribution in [0.15, 0.2) is 18.2 Å². The van der Waals surface area contributed by atoms with Gasteiger partial charge in [0.15, 0.2) is 0 Å². The molecule has 0 aliphatic carbocycles. The Morgan fingerprint density at radius 1 is 1.48 bits per heavy atom. The first-order valence-electron chi connectivity index (χ1n) is 6.49. The summed E-state index contributed by atoms with van der Waals surface area (Å²) < 4.78 is 0. The summed E-state index contributed by atoms with van der Waals surface area (Å²) >= 11 is 3.83. The van der Waals surface area contributed by atoms with Gasteiger partial charge >= 0.3 is 5.97 Å². The SMILES string of the molecule is O=C(O)c1c(CNCC2CSCCS2)cccc1[N+](=O)[O-]. The van der Waals surface area contributed by atoms with E-state index in [1.54, 1.807) is 6.07 Å². The molecular weight excluding hydrogens is 312 g/mol. The van der Waals surface area contributed by atoms with Gasteiger partial charge in [-0.05, 0) is 5.56 Å². The summed E-state index contributed by atoms with van der Waals surface area (Å²) in [5, 5.41) is 23.8. The van der Waals surface area contributed by atoms with Gasteiger partial charge in [-0.3, -0.25) is 10.1 Å². The van der Waals surface area contributed by atoms with E-state index < -0.39 is 10.9 Å². The lowest BCUT2D eigenvalue weighted by atomic mass is 10.1. The van der Waals surface area contributed by atoms with Crippen LogP contribution in [0.1, 0.15) is 15.9 Å². The van der Waals surface area contributed by atoms with Crippen molar-refractivity contribution < 1.29 is 14.8 Å². The number of aromatic carboxylic acids is 1. The Balaban J connectivity index is 2.03. The zero-order valence-electron chi connectivity index (χ0n) is 11.3. The van der Waals surface area contributed by atoms with Crippen LogP contribution >= 0.6 is 23.5 Å². The molecule has 1 fully saturated rings. The third-order valence-corrected chi connectivity index (χ3v) is 5.96. The van der Waals surface area contributed by atoms with Gasteiger partial charge in [0, 0.05) is 41.7 Å². The van der Waals surface area contributed by atoms with Crippen molar-refractivity contribution in [3.8, 4) is 0 Å². The van der Waals surface area contributed by atoms with Gasteiger partial charge in [0.25, 0.3) is 5.69 Å². The minimum atomic E-state index is -1.26. The van der Waals surface area contributed by atoms with E-state index in [1.165, 1.54) is 17.9 Å². The summed E-state index contributed by atoms with van der Waals surface area (Å²) in [5.41, 5.74) is -0.129. The van der Waals surface area contributed by atoms with Crippen molar-refractivity contribution in [1.82, 2.24) is 5.32 Å². The molecule has 6 nitrogen and oxygen atoms in total. The van der Waals surface area contributed by atoms with Gasteiger partial charge in [-0.25, -0.2) is 4.79 Å². The van der Waals surface area contributed by atoms with Crippen molar-refractivity contribution in [2.45, 2.75) is 11.8 Å². The lowest BCUT2D eigenvalue weighted by molar-refractivity contribution is -0.385. The van der Waals surface area contributed by atoms with Crippen molar-refractivity contribution >= 4 is 35.2 Å². The Morgan fingerprint density at radius 2 is 2.29 bits per heavy atom. The van der Waals surface area contributed by atoms with Crippen LogP contribution in [0.4, 0.5) is 5.69 Å². The topological polar surface area (TPSA) is 92.5 Å². The number of benzene rings is 1. The molecule has 0 spiro atoms. The fourth-order valence-corrected chi connectivity index (χ4v) is 4.80. The maximum absolute atomic E-state index is 11.3. The van der Waals surface area contributed by atoms with E-state index in [9.17, 15) is 20.0 Å². The maximum Gasteiger partial charge on any atom is 0.343 e. The molecule has 0 bridgehead atoms. The summed E-state index contributed by atoms with van der Waals surface area (Å²) in [5.74, 6) is 2.13. The number of thioether (sulfide) groups is 2. The number of carbonyl (C=O) groups is 1. The Hall–Kier alpha value is -1.25. The van der Waals surface area contributed by atoms with E-state index >= 15 is 0 Å². The van der Waals surface area contributed by atoms with Crippen LogP contribution in [0.5, 0.6) is 0 Å². The summed E-state index contributed by atoms with van der Waals surface area (Å²) in [6.07, 6.45) is 0. The van der Waals surface area contributed by atoms with E-state index in [2.05, 4.69) is 5.32 Å². The van der Waals surface area contributed by atoms with Gasteiger partial charge < -0.3 is 10.4 Å². The van der Waals surface area contributed by atoms with Gasteiger partial charge in [-0.1, -0.05) is 12.1 Å². The molecule has 2 rings (SSSR count). The molecule has 1 aliphatic rings. The normalized spacial score (nSPS) is 18.4. The van der Waals surface area contributed by atoms with Crippen LogP contribution in [0.3, 0.4) is 0 Å². The first-order valence-corrected chi connectivity index (χ1v) is 8.69. The molecule has 1 unspecified atom stereocenters. The number of nitro benzene ring substituents is 1. The van der Waals surface area contributed by atoms with Crippen molar-refractivity contribution in [3.63, 3.8) is 0 Å². The van der Waals surface area contributed by atoms with Gasteiger partial charge in [0.05, 0.1) is 4.92 Å². The average Bonchev–Trinajstić information content (AvgIpc) is 2.47. The van der Waals surface area contributed by atoms with Crippen LogP contribution < -0.4 is 5.32 Å². The Labute approximate surface area is 130 Å². The fraction of sp³-hybridized carbons (Fsp3) is 0.462. The summed E-state index contributed by atoms with van der Waals surface area (Å²) in [6.45, 7) is 1.10. The molecule has 1 aliphatic heterocycles. The molecule has 0 aromatic heterocycles. The standard InChI is InChI=1S/C13H16N2O4S2/c16-13(17)12-9(2-1-3-11(12)15(18)19)6-14-7-10-8-20-4-5-21-10/h1-3,10,14H,4-8H2,(H,16,17). The molecule has 8 heteroatoms. The summed E-state index contributed by atoms with van der Waals surface area (Å²) in [6, 6.07) is 4.36. The number of rotatable bonds is 6. The molecule has 0 amide bonds. The molecule has 1 saturated heterocycles. The first-order chi connectivity index (χ1) is 10.1. The van der Waals surface area contributed by atoms with Gasteiger partial charge in [-0.15, -0.1) is 0 Å². The zero-order chi connectivity index (χ0) is 15.2. The van der Waals surface area contributed by atoms with Crippen LogP contribution in [-0.2, 0) is 6.54 Å². The highest BCUT2D eigenvalue weighted by Gasteiger charge is 2.23. The lowest BCUT2D eigenvalue weighted by Crippen LogP contribution is -2.29. The number of carboxylic acids is 1. The summed E-state index contributed by atoms with van der Waals surface area (Å²) in [4.78, 5) is 21.5. The maximum atomic E-state index is 11.3. The van der Waals surface area contributed by atoms with Crippen LogP contribution in [0.2, 0.25) is 0 Å². The van der Waals surface area contributed by atoms with E-state index in [-0.39, 0.29) is 11.3 Å². The second-order valence-electron chi connectivity index (χ2n) is 4.57. The molecule has 114 valence electrons. The van der Waals surface area contributed by atoms with E-state index in [1.807, 2.05) is 23.5 Å². The monoisotopic (exact) mass is 328 g/mol. The first kappa shape index (κ1) is 16.1. The summed E-state index contributed by atoms with van der Waals surface area (Å²) in [7, 11) is 0. The highest BCUT2D eigenvalue weighted by Crippen LogP contribution is 2.24. The molecule has 2 N–H and O–H groups in total. The van der Waals surface area contributed by atoms with Crippen molar-refractivity contribution in [1.29, 1.82) is 0 Å². The molecule has 1 aromatic carbocycles.